The quantitative estimate of drug-likeness (QED) is 0.257. The number of ether oxygens (including phenoxy) is 1. The average molecular weight is 662 g/mol. The van der Waals surface area contributed by atoms with E-state index in [1.807, 2.05) is 19.0 Å². The number of carbonyl (C=O) groups excluding carboxylic acids is 1. The van der Waals surface area contributed by atoms with Crippen LogP contribution in [0.1, 0.15) is 55.3 Å². The number of anilines is 2. The van der Waals surface area contributed by atoms with Crippen molar-refractivity contribution >= 4 is 17.4 Å². The number of benzene rings is 1. The number of halogens is 5. The minimum Gasteiger partial charge on any atom is -0.463 e. The van der Waals surface area contributed by atoms with E-state index in [-0.39, 0.29) is 50.6 Å². The Balaban J connectivity index is 1.54. The summed E-state index contributed by atoms with van der Waals surface area (Å²) < 4.78 is 77.4. The van der Waals surface area contributed by atoms with Gasteiger partial charge < -0.3 is 24.3 Å². The van der Waals surface area contributed by atoms with Gasteiger partial charge in [-0.1, -0.05) is 25.5 Å². The molecular weight excluding hydrogens is 621 g/mol. The highest BCUT2D eigenvalue weighted by molar-refractivity contribution is 5.91. The monoisotopic (exact) mass is 661 g/mol. The second kappa shape index (κ2) is 14.0. The van der Waals surface area contributed by atoms with Gasteiger partial charge in [-0.25, -0.2) is 8.78 Å². The van der Waals surface area contributed by atoms with Gasteiger partial charge in [0.1, 0.15) is 11.6 Å². The molecule has 2 aliphatic heterocycles. The summed E-state index contributed by atoms with van der Waals surface area (Å²) in [5.41, 5.74) is -0.607. The lowest BCUT2D eigenvalue weighted by Gasteiger charge is -2.41. The lowest BCUT2D eigenvalue weighted by molar-refractivity contribution is -0.137. The van der Waals surface area contributed by atoms with Gasteiger partial charge in [-0.05, 0) is 51.9 Å². The van der Waals surface area contributed by atoms with Gasteiger partial charge in [0.15, 0.2) is 5.83 Å². The Hall–Kier alpha value is -3.99. The average Bonchev–Trinajstić information content (AvgIpc) is 3.36. The highest BCUT2D eigenvalue weighted by Crippen LogP contribution is 2.41. The zero-order valence-corrected chi connectivity index (χ0v) is 26.8. The van der Waals surface area contributed by atoms with E-state index in [1.54, 1.807) is 0 Å². The van der Waals surface area contributed by atoms with E-state index in [9.17, 15) is 27.6 Å². The van der Waals surface area contributed by atoms with Crippen LogP contribution in [0.25, 0.3) is 0 Å². The maximum absolute atomic E-state index is 15.1. The number of carbonyl (C=O) groups is 1. The summed E-state index contributed by atoms with van der Waals surface area (Å²) in [7, 11) is 4.01. The molecule has 2 aromatic rings. The van der Waals surface area contributed by atoms with Crippen LogP contribution < -0.4 is 14.5 Å². The maximum Gasteiger partial charge on any atom is 0.418 e. The number of piperazine rings is 1. The highest BCUT2D eigenvalue weighted by Gasteiger charge is 2.39. The molecule has 5 rings (SSSR count). The van der Waals surface area contributed by atoms with Gasteiger partial charge in [0, 0.05) is 43.7 Å². The third kappa shape index (κ3) is 7.61. The van der Waals surface area contributed by atoms with Gasteiger partial charge in [0.2, 0.25) is 0 Å². The zero-order chi connectivity index (χ0) is 33.9. The SMILES string of the molecule is C=C(F)C(=O)N1CCN(c2nc(OCC3(CN(C)C)CCCC3)nc3c2CCCN(c2c(F)cccc2C(F)(F)F)C3)C[C@@H]1CC#N. The van der Waals surface area contributed by atoms with Crippen LogP contribution in [0.4, 0.5) is 33.5 Å². The van der Waals surface area contributed by atoms with Crippen molar-refractivity contribution in [3.8, 4) is 12.1 Å². The molecule has 9 nitrogen and oxygen atoms in total. The molecule has 1 aromatic carbocycles. The number of nitrogens with zero attached hydrogens (tertiary/aromatic N) is 7. The summed E-state index contributed by atoms with van der Waals surface area (Å²) in [5, 5.41) is 9.50. The Morgan fingerprint density at radius 3 is 2.55 bits per heavy atom. The second-order valence-electron chi connectivity index (χ2n) is 13.0. The number of amides is 1. The van der Waals surface area contributed by atoms with Gasteiger partial charge in [0.25, 0.3) is 5.91 Å². The lowest BCUT2D eigenvalue weighted by atomic mass is 9.87. The fourth-order valence-corrected chi connectivity index (χ4v) is 7.28. The van der Waals surface area contributed by atoms with E-state index in [1.165, 1.54) is 9.80 Å². The van der Waals surface area contributed by atoms with Crippen LogP contribution in [0.3, 0.4) is 0 Å². The van der Waals surface area contributed by atoms with Crippen molar-refractivity contribution in [3.63, 3.8) is 0 Å². The number of hydrogen-bond donors (Lipinski definition) is 0. The molecule has 2 fully saturated rings. The Labute approximate surface area is 271 Å². The van der Waals surface area contributed by atoms with Crippen LogP contribution in [0.15, 0.2) is 30.6 Å². The topological polar surface area (TPSA) is 88.8 Å². The molecule has 1 saturated heterocycles. The number of nitriles is 1. The molecule has 0 spiro atoms. The molecule has 0 bridgehead atoms. The number of alkyl halides is 3. The van der Waals surface area contributed by atoms with E-state index in [4.69, 9.17) is 14.7 Å². The molecule has 0 N–H and O–H groups in total. The maximum atomic E-state index is 15.1. The first kappa shape index (κ1) is 34.3. The second-order valence-corrected chi connectivity index (χ2v) is 13.0. The fraction of sp³-hybridized carbons (Fsp3) is 0.576. The van der Waals surface area contributed by atoms with E-state index in [0.717, 1.165) is 50.4 Å². The molecule has 14 heteroatoms. The Bertz CT molecular complexity index is 1520. The van der Waals surface area contributed by atoms with Gasteiger partial charge in [-0.15, -0.1) is 0 Å². The number of hydrogen-bond acceptors (Lipinski definition) is 8. The van der Waals surface area contributed by atoms with Crippen molar-refractivity contribution in [3.05, 3.63) is 53.2 Å². The molecule has 1 aromatic heterocycles. The van der Waals surface area contributed by atoms with Crippen molar-refractivity contribution in [2.24, 2.45) is 5.41 Å². The molecule has 3 aliphatic rings. The molecule has 0 unspecified atom stereocenters. The number of rotatable bonds is 9. The van der Waals surface area contributed by atoms with Crippen LogP contribution in [-0.2, 0) is 23.9 Å². The van der Waals surface area contributed by atoms with Crippen molar-refractivity contribution in [1.82, 2.24) is 19.8 Å². The van der Waals surface area contributed by atoms with Gasteiger partial charge >= 0.3 is 12.2 Å². The predicted molar refractivity (Wildman–Crippen MR) is 166 cm³/mol. The molecule has 1 aliphatic carbocycles. The van der Waals surface area contributed by atoms with Crippen LogP contribution in [0, 0.1) is 22.6 Å². The van der Waals surface area contributed by atoms with Crippen LogP contribution in [0.5, 0.6) is 6.01 Å². The Morgan fingerprint density at radius 1 is 1.15 bits per heavy atom. The summed E-state index contributed by atoms with van der Waals surface area (Å²) in [4.78, 5) is 28.8. The first-order valence-electron chi connectivity index (χ1n) is 15.9. The molecule has 1 atom stereocenters. The predicted octanol–water partition coefficient (Wildman–Crippen LogP) is 5.50. The summed E-state index contributed by atoms with van der Waals surface area (Å²) in [6, 6.07) is 4.41. The highest BCUT2D eigenvalue weighted by atomic mass is 19.4. The van der Waals surface area contributed by atoms with Gasteiger partial charge in [0.05, 0.1) is 48.6 Å². The summed E-state index contributed by atoms with van der Waals surface area (Å²) in [6.07, 6.45) is 0.0420. The molecule has 254 valence electrons. The molecular formula is C33H40F5N7O2. The Morgan fingerprint density at radius 2 is 1.89 bits per heavy atom. The summed E-state index contributed by atoms with van der Waals surface area (Å²) in [6.45, 7) is 4.81. The minimum atomic E-state index is -4.77. The van der Waals surface area contributed by atoms with Crippen molar-refractivity contribution < 1.29 is 31.5 Å². The number of aromatic nitrogens is 2. The Kier molecular flexibility index (Phi) is 10.2. The summed E-state index contributed by atoms with van der Waals surface area (Å²) >= 11 is 0. The fourth-order valence-electron chi connectivity index (χ4n) is 7.28. The van der Waals surface area contributed by atoms with E-state index < -0.39 is 41.0 Å². The van der Waals surface area contributed by atoms with Crippen LogP contribution in [-0.4, -0.2) is 85.1 Å². The summed E-state index contributed by atoms with van der Waals surface area (Å²) in [5.74, 6) is -2.48. The smallest absolute Gasteiger partial charge is 0.418 e. The standard InChI is InChI=1S/C33H40F5N7O2/c1-22(34)30(46)45-17-16-44(18-23(45)11-14-39)29-24-8-7-15-43(28-25(33(36,37)38)9-6-10-26(28)35)19-27(24)40-31(41-29)47-21-32(20-42(2)3)12-4-5-13-32/h6,9-10,23H,1,4-5,7-8,11-13,15-21H2,2-3H3/t23-/m0/s1. The largest absolute Gasteiger partial charge is 0.463 e. The van der Waals surface area contributed by atoms with E-state index >= 15 is 4.39 Å². The van der Waals surface area contributed by atoms with E-state index in [0.29, 0.717) is 36.5 Å². The molecule has 3 heterocycles. The molecule has 47 heavy (non-hydrogen) atoms. The minimum absolute atomic E-state index is 0.0551. The number of fused-ring (bicyclic) bond motifs is 1. The van der Waals surface area contributed by atoms with Crippen LogP contribution in [0.2, 0.25) is 0 Å². The third-order valence-electron chi connectivity index (χ3n) is 9.28. The van der Waals surface area contributed by atoms with E-state index in [2.05, 4.69) is 17.5 Å². The first-order valence-corrected chi connectivity index (χ1v) is 15.9. The lowest BCUT2D eigenvalue weighted by Crippen LogP contribution is -2.55. The molecule has 0 radical (unpaired) electrons. The van der Waals surface area contributed by atoms with Crippen molar-refractivity contribution in [1.29, 1.82) is 5.26 Å². The van der Waals surface area contributed by atoms with Gasteiger partial charge in [-0.2, -0.15) is 28.4 Å². The first-order chi connectivity index (χ1) is 22.3. The molecule has 1 amide bonds. The van der Waals surface area contributed by atoms with Gasteiger partial charge in [-0.3, -0.25) is 4.79 Å². The molecule has 1 saturated carbocycles. The zero-order valence-electron chi connectivity index (χ0n) is 26.8. The van der Waals surface area contributed by atoms with Crippen LogP contribution >= 0.6 is 0 Å². The number of para-hydroxylation sites is 1. The normalized spacial score (nSPS) is 19.7. The van der Waals surface area contributed by atoms with Crippen molar-refractivity contribution in [2.45, 2.75) is 63.7 Å². The third-order valence-corrected chi connectivity index (χ3v) is 9.28. The van der Waals surface area contributed by atoms with Crippen molar-refractivity contribution in [2.75, 3.05) is 63.2 Å².